The maximum atomic E-state index is 16.1. The van der Waals surface area contributed by atoms with Crippen LogP contribution in [-0.2, 0) is 65.3 Å². The van der Waals surface area contributed by atoms with E-state index in [2.05, 4.69) is 16.0 Å². The fourth-order valence-electron chi connectivity index (χ4n) is 11.2. The summed E-state index contributed by atoms with van der Waals surface area (Å²) in [6.07, 6.45) is 2.84. The van der Waals surface area contributed by atoms with E-state index < -0.39 is 107 Å². The monoisotopic (exact) mass is 1210 g/mol. The van der Waals surface area contributed by atoms with Crippen LogP contribution < -0.4 is 31.3 Å². The van der Waals surface area contributed by atoms with Crippen LogP contribution in [0.3, 0.4) is 0 Å². The van der Waals surface area contributed by atoms with Gasteiger partial charge in [0.2, 0.25) is 11.8 Å². The average Bonchev–Trinajstić information content (AvgIpc) is 1.65. The third-order valence-electron chi connectivity index (χ3n) is 16.5. The number of amides is 5. The Hall–Kier alpha value is -6.42. The van der Waals surface area contributed by atoms with E-state index in [0.29, 0.717) is 50.0 Å². The quantitative estimate of drug-likeness (QED) is 0.0268. The zero-order chi connectivity index (χ0) is 63.1. The summed E-state index contributed by atoms with van der Waals surface area (Å²) in [6, 6.07) is 5.31. The number of hydrogen-bond donors (Lipinski definition) is 5. The van der Waals surface area contributed by atoms with Gasteiger partial charge in [0.25, 0.3) is 0 Å². The maximum Gasteiger partial charge on any atom is 0.412 e. The molecule has 3 aliphatic rings. The lowest BCUT2D eigenvalue weighted by atomic mass is 9.78. The molecule has 470 valence electrons. The third kappa shape index (κ3) is 19.3. The normalized spacial score (nSPS) is 24.4. The minimum atomic E-state index is -1.67. The Bertz CT molecular complexity index is 2800. The second-order valence-electron chi connectivity index (χ2n) is 24.1. The first-order chi connectivity index (χ1) is 40.0. The Balaban J connectivity index is 1.32. The first-order valence-electron chi connectivity index (χ1n) is 29.4. The Morgan fingerprint density at radius 1 is 1.04 bits per heavy atom. The Kier molecular flexibility index (Phi) is 25.1. The summed E-state index contributed by atoms with van der Waals surface area (Å²) in [6.45, 7) is 16.6. The van der Waals surface area contributed by atoms with Gasteiger partial charge in [-0.1, -0.05) is 76.1 Å². The van der Waals surface area contributed by atoms with Crippen LogP contribution in [0, 0.1) is 29.5 Å². The number of esters is 2. The smallest absolute Gasteiger partial charge is 0.412 e. The molecule has 0 saturated carbocycles. The summed E-state index contributed by atoms with van der Waals surface area (Å²) >= 11 is 6.83. The van der Waals surface area contributed by atoms with Crippen LogP contribution in [0.5, 0.6) is 5.75 Å². The van der Waals surface area contributed by atoms with E-state index in [1.54, 1.807) is 52.0 Å². The van der Waals surface area contributed by atoms with Gasteiger partial charge >= 0.3 is 24.1 Å². The number of rotatable bonds is 25. The molecule has 22 heteroatoms. The summed E-state index contributed by atoms with van der Waals surface area (Å²) in [5, 5.41) is 19.8. The van der Waals surface area contributed by atoms with Crippen molar-refractivity contribution in [1.29, 1.82) is 0 Å². The average molecular weight is 1210 g/mol. The van der Waals surface area contributed by atoms with Crippen LogP contribution >= 0.6 is 11.6 Å². The summed E-state index contributed by atoms with van der Waals surface area (Å²) in [4.78, 5) is 108. The van der Waals surface area contributed by atoms with Crippen LogP contribution in [0.15, 0.2) is 54.1 Å². The lowest BCUT2D eigenvalue weighted by molar-refractivity contribution is -0.187. The number of primary amides is 1. The van der Waals surface area contributed by atoms with E-state index in [4.69, 9.17) is 45.8 Å². The molecule has 2 aromatic carbocycles. The number of nitrogens with one attached hydrogen (secondary N) is 3. The van der Waals surface area contributed by atoms with Gasteiger partial charge in [0.15, 0.2) is 5.78 Å². The molecule has 2 aromatic rings. The molecule has 5 amide bonds. The number of nitrogens with zero attached hydrogens (tertiary/aromatic N) is 1. The van der Waals surface area contributed by atoms with Crippen molar-refractivity contribution in [3.05, 3.63) is 76.1 Å². The number of benzene rings is 2. The number of methoxy groups -OCH3 is 2. The molecule has 2 saturated heterocycles. The third-order valence-corrected chi connectivity index (χ3v) is 16.9. The number of carbonyl (C=O) groups is 8. The number of hydrogen-bond acceptors (Lipinski definition) is 15. The number of ketones is 2. The molecule has 3 aliphatic heterocycles. The fourth-order valence-corrected chi connectivity index (χ4v) is 11.5. The van der Waals surface area contributed by atoms with Gasteiger partial charge in [-0.05, 0) is 120 Å². The Morgan fingerprint density at radius 3 is 2.38 bits per heavy atom. The fraction of sp³-hybridized carbons (Fsp3) is 0.619. The van der Waals surface area contributed by atoms with Gasteiger partial charge in [0, 0.05) is 58.2 Å². The molecule has 4 bridgehead atoms. The van der Waals surface area contributed by atoms with Gasteiger partial charge in [-0.2, -0.15) is 0 Å². The second-order valence-corrected chi connectivity index (χ2v) is 24.5. The van der Waals surface area contributed by atoms with E-state index in [-0.39, 0.29) is 91.4 Å². The van der Waals surface area contributed by atoms with Gasteiger partial charge in [0.1, 0.15) is 57.5 Å². The van der Waals surface area contributed by atoms with Crippen molar-refractivity contribution < 1.29 is 76.3 Å². The van der Waals surface area contributed by atoms with Crippen LogP contribution in [0.1, 0.15) is 150 Å². The number of urea groups is 1. The Morgan fingerprint density at radius 2 is 1.74 bits per heavy atom. The summed E-state index contributed by atoms with van der Waals surface area (Å²) < 4.78 is 51.3. The molecule has 5 rings (SSSR count). The number of Topliss-reactive ketones (excluding diaryl/α,β-unsaturated/α-hetero) is 2. The number of unbranched alkanes of at least 4 members (excludes halogenated alkanes) is 1. The van der Waals surface area contributed by atoms with Crippen molar-refractivity contribution in [3.63, 3.8) is 0 Å². The van der Waals surface area contributed by atoms with Crippen molar-refractivity contribution in [2.45, 2.75) is 199 Å². The van der Waals surface area contributed by atoms with Gasteiger partial charge in [-0.3, -0.25) is 34.1 Å². The molecule has 2 fully saturated rings. The van der Waals surface area contributed by atoms with E-state index in [1.807, 2.05) is 40.7 Å². The minimum Gasteiger partial charge on any atom is -0.495 e. The number of halogens is 2. The lowest BCUT2D eigenvalue weighted by Gasteiger charge is -2.41. The number of fused-ring (bicyclic) bond motifs is 5. The Labute approximate surface area is 504 Å². The van der Waals surface area contributed by atoms with Crippen LogP contribution in [0.25, 0.3) is 0 Å². The number of ether oxygens (including phenoxy) is 6. The standard InChI is InChI=1S/C63H89ClFN5O15/c1-13-41(14-2)58(76)85-61(7,8)25-16-15-20-42(71)32-43(36(3)4)57(75)68-46(21-18-26-67-59(66)77)48(72)30-39-23-24-45(44(65)28-39)69-60(78)83-52-33-53(73)70(10)47-29-40(31-49(80-11)55(47)64)27-37(5)19-17-22-51(81-12)63(79)34-50(82-54(74)35-63)38(6)56-62(52,9)84-56/h17,19,22-24,28-29,31,36,38,41,43,46,50-52,56,79H,13-16,18,20-21,25-27,30,32-35H2,1-12H3,(H,68,75)(H,69,78)(H3,66,67,77)/b22-17+,37-19+/t38-,43+,46+,50+,51-,52+,56+,62+,63-/m1/s1. The van der Waals surface area contributed by atoms with Gasteiger partial charge in [-0.15, -0.1) is 0 Å². The summed E-state index contributed by atoms with van der Waals surface area (Å²) in [5.74, 6) is -5.10. The van der Waals surface area contributed by atoms with Gasteiger partial charge in [-0.25, -0.2) is 14.0 Å². The number of anilines is 2. The van der Waals surface area contributed by atoms with Crippen LogP contribution in [0.4, 0.5) is 25.4 Å². The zero-order valence-electron chi connectivity index (χ0n) is 51.4. The lowest BCUT2D eigenvalue weighted by Crippen LogP contribution is -2.53. The number of allylic oxidation sites excluding steroid dienone is 3. The van der Waals surface area contributed by atoms with E-state index in [1.165, 1.54) is 38.3 Å². The number of nitrogens with two attached hydrogens (primary N) is 1. The first kappa shape index (κ1) is 69.4. The van der Waals surface area contributed by atoms with E-state index in [0.717, 1.165) is 17.2 Å². The van der Waals surface area contributed by atoms with E-state index in [9.17, 15) is 43.5 Å². The van der Waals surface area contributed by atoms with Crippen LogP contribution in [-0.4, -0.2) is 128 Å². The van der Waals surface area contributed by atoms with Gasteiger partial charge < -0.3 is 54.8 Å². The number of carbonyl (C=O) groups excluding carboxylic acids is 8. The molecule has 9 atom stereocenters. The van der Waals surface area contributed by atoms with Gasteiger partial charge in [0.05, 0.1) is 49.4 Å². The van der Waals surface area contributed by atoms with Crippen molar-refractivity contribution in [2.24, 2.45) is 29.4 Å². The highest BCUT2D eigenvalue weighted by atomic mass is 35.5. The molecule has 0 aromatic heterocycles. The molecule has 0 unspecified atom stereocenters. The predicted molar refractivity (Wildman–Crippen MR) is 318 cm³/mol. The highest BCUT2D eigenvalue weighted by Gasteiger charge is 2.64. The predicted octanol–water partition coefficient (Wildman–Crippen LogP) is 9.36. The van der Waals surface area contributed by atoms with Crippen LogP contribution in [0.2, 0.25) is 5.02 Å². The molecule has 85 heavy (non-hydrogen) atoms. The van der Waals surface area contributed by atoms with E-state index >= 15 is 4.39 Å². The molecular formula is C63H89ClFN5O15. The molecule has 0 aliphatic carbocycles. The summed E-state index contributed by atoms with van der Waals surface area (Å²) in [5.41, 5.74) is 3.29. The number of epoxide rings is 1. The SMILES string of the molecule is CCC(CC)C(=O)OC(C)(C)CCCCC(=O)C[C@H](C(=O)N[C@@H](CCCNC(N)=O)C(=O)Cc1ccc(NC(=O)O[C@H]2CC(=O)N(C)c3cc(cc(OC)c3Cl)C/C(C)=C/C=C/[C@@H](OC)[C@]3(O)CC(=O)O[C@@H](C3)[C@@H](C)[C@@H]3O[C@@]23C)c(F)c1)C(C)C. The highest BCUT2D eigenvalue weighted by Crippen LogP contribution is 2.50. The molecular weight excluding hydrogens is 1120 g/mol. The largest absolute Gasteiger partial charge is 0.495 e. The van der Waals surface area contributed by atoms with Crippen molar-refractivity contribution >= 4 is 70.4 Å². The molecule has 6 N–H and O–H groups in total. The molecule has 20 nitrogen and oxygen atoms in total. The first-order valence-corrected chi connectivity index (χ1v) is 29.8. The highest BCUT2D eigenvalue weighted by molar-refractivity contribution is 6.35. The minimum absolute atomic E-state index is 0.0346. The van der Waals surface area contributed by atoms with Crippen molar-refractivity contribution in [1.82, 2.24) is 10.6 Å². The molecule has 0 spiro atoms. The summed E-state index contributed by atoms with van der Waals surface area (Å²) in [7, 11) is 4.39. The molecule has 0 radical (unpaired) electrons. The molecule has 3 heterocycles. The maximum absolute atomic E-state index is 16.1. The number of aliphatic hydroxyl groups is 1. The van der Waals surface area contributed by atoms with Crippen molar-refractivity contribution in [2.75, 3.05) is 38.0 Å². The second kappa shape index (κ2) is 30.8. The van der Waals surface area contributed by atoms with Crippen molar-refractivity contribution in [3.8, 4) is 5.75 Å². The zero-order valence-corrected chi connectivity index (χ0v) is 52.1. The topological polar surface area (TPSA) is 281 Å².